The fraction of sp³-hybridized carbons (Fsp3) is 0.219. The molecule has 1 saturated heterocycles. The van der Waals surface area contributed by atoms with Gasteiger partial charge in [-0.1, -0.05) is 24.3 Å². The molecule has 0 bridgehead atoms. The van der Waals surface area contributed by atoms with Gasteiger partial charge in [0.1, 0.15) is 0 Å². The van der Waals surface area contributed by atoms with Crippen molar-refractivity contribution in [3.05, 3.63) is 108 Å². The molecular formula is C32H31N5O5. The van der Waals surface area contributed by atoms with E-state index in [0.717, 1.165) is 22.4 Å². The van der Waals surface area contributed by atoms with E-state index in [-0.39, 0.29) is 31.3 Å². The predicted octanol–water partition coefficient (Wildman–Crippen LogP) is 4.35. The van der Waals surface area contributed by atoms with Crippen molar-refractivity contribution in [2.75, 3.05) is 43.1 Å². The number of aliphatic carboxylic acids is 1. The number of hydrogen-bond acceptors (Lipinski definition) is 7. The molecule has 2 amide bonds. The molecule has 4 aromatic rings. The number of carbonyl (C=O) groups excluding carboxylic acids is 2. The van der Waals surface area contributed by atoms with Gasteiger partial charge in [-0.05, 0) is 59.2 Å². The Kier molecular flexibility index (Phi) is 9.15. The largest absolute Gasteiger partial charge is 0.481 e. The van der Waals surface area contributed by atoms with Crippen LogP contribution in [0.4, 0.5) is 11.4 Å². The zero-order valence-corrected chi connectivity index (χ0v) is 23.0. The van der Waals surface area contributed by atoms with Crippen LogP contribution in [-0.4, -0.2) is 70.6 Å². The molecule has 42 heavy (non-hydrogen) atoms. The maximum atomic E-state index is 13.2. The summed E-state index contributed by atoms with van der Waals surface area (Å²) in [6.45, 7) is 2.93. The molecule has 0 aliphatic carbocycles. The van der Waals surface area contributed by atoms with Crippen molar-refractivity contribution in [2.45, 2.75) is 13.0 Å². The van der Waals surface area contributed by atoms with Crippen LogP contribution in [0.1, 0.15) is 32.7 Å². The van der Waals surface area contributed by atoms with Crippen LogP contribution in [0.25, 0.3) is 11.1 Å². The van der Waals surface area contributed by atoms with Crippen molar-refractivity contribution in [3.63, 3.8) is 0 Å². The molecule has 2 aromatic carbocycles. The molecule has 2 N–H and O–H groups in total. The second-order valence-corrected chi connectivity index (χ2v) is 9.83. The van der Waals surface area contributed by atoms with Crippen LogP contribution >= 0.6 is 0 Å². The van der Waals surface area contributed by atoms with Crippen LogP contribution in [0.2, 0.25) is 0 Å². The Balaban J connectivity index is 1.43. The first-order chi connectivity index (χ1) is 20.5. The Labute approximate surface area is 243 Å². The van der Waals surface area contributed by atoms with Gasteiger partial charge in [-0.15, -0.1) is 0 Å². The Morgan fingerprint density at radius 2 is 1.67 bits per heavy atom. The average molecular weight is 566 g/mol. The molecule has 1 aliphatic heterocycles. The SMILES string of the molecule is O=C(O)CCN(Cc1cccc(-c2ccc(N3CCOCC3)c(NC(=O)c3ccncc3)c2)c1)C(=O)c1cccnc1. The van der Waals surface area contributed by atoms with E-state index < -0.39 is 5.97 Å². The summed E-state index contributed by atoms with van der Waals surface area (Å²) in [5.74, 6) is -1.50. The number of morpholine rings is 1. The quantitative estimate of drug-likeness (QED) is 0.291. The van der Waals surface area contributed by atoms with Gasteiger partial charge in [0.05, 0.1) is 36.6 Å². The second kappa shape index (κ2) is 13.5. The van der Waals surface area contributed by atoms with Crippen molar-refractivity contribution in [1.82, 2.24) is 14.9 Å². The second-order valence-electron chi connectivity index (χ2n) is 9.83. The van der Waals surface area contributed by atoms with Gasteiger partial charge >= 0.3 is 5.97 Å². The summed E-state index contributed by atoms with van der Waals surface area (Å²) >= 11 is 0. The molecule has 1 fully saturated rings. The van der Waals surface area contributed by atoms with E-state index in [1.165, 1.54) is 11.1 Å². The zero-order valence-electron chi connectivity index (χ0n) is 23.0. The highest BCUT2D eigenvalue weighted by Crippen LogP contribution is 2.33. The number of carbonyl (C=O) groups is 3. The van der Waals surface area contributed by atoms with E-state index in [1.807, 2.05) is 42.5 Å². The Morgan fingerprint density at radius 3 is 2.40 bits per heavy atom. The van der Waals surface area contributed by atoms with Crippen LogP contribution in [0.5, 0.6) is 0 Å². The lowest BCUT2D eigenvalue weighted by Gasteiger charge is -2.31. The molecule has 0 spiro atoms. The first-order valence-electron chi connectivity index (χ1n) is 13.7. The summed E-state index contributed by atoms with van der Waals surface area (Å²) in [7, 11) is 0. The molecule has 10 heteroatoms. The number of aromatic nitrogens is 2. The summed E-state index contributed by atoms with van der Waals surface area (Å²) in [4.78, 5) is 49.3. The number of benzene rings is 2. The average Bonchev–Trinajstić information content (AvgIpc) is 3.04. The van der Waals surface area contributed by atoms with Crippen molar-refractivity contribution < 1.29 is 24.2 Å². The number of amides is 2. The number of anilines is 2. The normalized spacial score (nSPS) is 12.9. The van der Waals surface area contributed by atoms with E-state index in [1.54, 1.807) is 42.9 Å². The fourth-order valence-corrected chi connectivity index (χ4v) is 4.82. The van der Waals surface area contributed by atoms with Gasteiger partial charge in [0.2, 0.25) is 0 Å². The van der Waals surface area contributed by atoms with E-state index >= 15 is 0 Å². The van der Waals surface area contributed by atoms with Gasteiger partial charge in [-0.25, -0.2) is 0 Å². The third-order valence-electron chi connectivity index (χ3n) is 6.96. The number of hydrogen-bond donors (Lipinski definition) is 2. The number of rotatable bonds is 10. The number of ether oxygens (including phenoxy) is 1. The topological polar surface area (TPSA) is 125 Å². The van der Waals surface area contributed by atoms with E-state index in [0.29, 0.717) is 43.1 Å². The van der Waals surface area contributed by atoms with Crippen LogP contribution in [0, 0.1) is 0 Å². The zero-order chi connectivity index (χ0) is 29.3. The molecule has 3 heterocycles. The summed E-state index contributed by atoms with van der Waals surface area (Å²) in [5.41, 5.74) is 5.10. The van der Waals surface area contributed by atoms with Gasteiger partial charge < -0.3 is 25.0 Å². The van der Waals surface area contributed by atoms with Gasteiger partial charge in [-0.3, -0.25) is 24.4 Å². The van der Waals surface area contributed by atoms with Crippen LogP contribution in [-0.2, 0) is 16.1 Å². The Morgan fingerprint density at radius 1 is 0.881 bits per heavy atom. The van der Waals surface area contributed by atoms with E-state index in [2.05, 4.69) is 20.2 Å². The lowest BCUT2D eigenvalue weighted by Crippen LogP contribution is -2.36. The molecule has 1 aliphatic rings. The molecule has 0 saturated carbocycles. The first-order valence-corrected chi connectivity index (χ1v) is 13.7. The minimum absolute atomic E-state index is 0.0622. The fourth-order valence-electron chi connectivity index (χ4n) is 4.82. The molecule has 214 valence electrons. The standard InChI is InChI=1S/C32H31N5O5/c38-30(39)10-14-37(32(41)27-5-2-11-34-21-27)22-23-3-1-4-25(19-23)26-6-7-29(36-15-17-42-18-16-36)28(20-26)35-31(40)24-8-12-33-13-9-24/h1-9,11-13,19-21H,10,14-18,22H2,(H,35,40)(H,38,39). The van der Waals surface area contributed by atoms with Crippen molar-refractivity contribution in [3.8, 4) is 11.1 Å². The predicted molar refractivity (Wildman–Crippen MR) is 158 cm³/mol. The number of nitrogens with one attached hydrogen (secondary N) is 1. The van der Waals surface area contributed by atoms with Crippen LogP contribution in [0.3, 0.4) is 0 Å². The number of nitrogens with zero attached hydrogens (tertiary/aromatic N) is 4. The molecule has 0 atom stereocenters. The van der Waals surface area contributed by atoms with Gasteiger partial charge in [0.15, 0.2) is 0 Å². The molecule has 5 rings (SSSR count). The Hall–Kier alpha value is -5.09. The van der Waals surface area contributed by atoms with Crippen molar-refractivity contribution in [1.29, 1.82) is 0 Å². The number of pyridine rings is 2. The minimum atomic E-state index is -0.977. The molecule has 2 aromatic heterocycles. The highest BCUT2D eigenvalue weighted by atomic mass is 16.5. The molecular weight excluding hydrogens is 534 g/mol. The third-order valence-corrected chi connectivity index (χ3v) is 6.96. The van der Waals surface area contributed by atoms with Gasteiger partial charge in [-0.2, -0.15) is 0 Å². The highest BCUT2D eigenvalue weighted by Gasteiger charge is 2.20. The monoisotopic (exact) mass is 565 g/mol. The molecule has 0 unspecified atom stereocenters. The molecule has 0 radical (unpaired) electrons. The Bertz CT molecular complexity index is 1540. The minimum Gasteiger partial charge on any atom is -0.481 e. The molecule has 10 nitrogen and oxygen atoms in total. The third kappa shape index (κ3) is 7.15. The first kappa shape index (κ1) is 28.4. The van der Waals surface area contributed by atoms with Gasteiger partial charge in [0, 0.05) is 56.5 Å². The summed E-state index contributed by atoms with van der Waals surface area (Å²) in [6, 6.07) is 20.4. The smallest absolute Gasteiger partial charge is 0.305 e. The lowest BCUT2D eigenvalue weighted by molar-refractivity contribution is -0.137. The highest BCUT2D eigenvalue weighted by molar-refractivity contribution is 6.06. The summed E-state index contributed by atoms with van der Waals surface area (Å²) < 4.78 is 5.52. The maximum absolute atomic E-state index is 13.2. The summed E-state index contributed by atoms with van der Waals surface area (Å²) in [5, 5.41) is 12.3. The van der Waals surface area contributed by atoms with Crippen molar-refractivity contribution in [2.24, 2.45) is 0 Å². The van der Waals surface area contributed by atoms with Crippen LogP contribution < -0.4 is 10.2 Å². The van der Waals surface area contributed by atoms with E-state index in [4.69, 9.17) is 4.74 Å². The maximum Gasteiger partial charge on any atom is 0.305 e. The van der Waals surface area contributed by atoms with Crippen LogP contribution in [0.15, 0.2) is 91.5 Å². The number of carboxylic acids is 1. The van der Waals surface area contributed by atoms with Gasteiger partial charge in [0.25, 0.3) is 11.8 Å². The number of carboxylic acid groups (broad SMARTS) is 1. The lowest BCUT2D eigenvalue weighted by atomic mass is 10.0. The van der Waals surface area contributed by atoms with E-state index in [9.17, 15) is 19.5 Å². The summed E-state index contributed by atoms with van der Waals surface area (Å²) in [6.07, 6.45) is 6.05. The van der Waals surface area contributed by atoms with Crippen molar-refractivity contribution >= 4 is 29.2 Å².